The van der Waals surface area contributed by atoms with Gasteiger partial charge in [0.25, 0.3) is 0 Å². The van der Waals surface area contributed by atoms with E-state index in [2.05, 4.69) is 0 Å². The van der Waals surface area contributed by atoms with Crippen molar-refractivity contribution in [3.05, 3.63) is 0 Å². The number of aldehydes is 3. The van der Waals surface area contributed by atoms with Gasteiger partial charge in [-0.3, -0.25) is 0 Å². The molecule has 0 aromatic rings. The minimum atomic E-state index is -2.36. The Bertz CT molecular complexity index is 1300. The molecule has 0 aliphatic carbocycles. The highest BCUT2D eigenvalue weighted by Gasteiger charge is 2.38. The van der Waals surface area contributed by atoms with Crippen LogP contribution in [0.1, 0.15) is 6.92 Å². The third-order valence-corrected chi connectivity index (χ3v) is 7.18. The van der Waals surface area contributed by atoms with E-state index in [0.717, 1.165) is 0 Å². The van der Waals surface area contributed by atoms with Crippen LogP contribution in [0.25, 0.3) is 0 Å². The van der Waals surface area contributed by atoms with Crippen LogP contribution < -0.4 is 0 Å². The lowest BCUT2D eigenvalue weighted by Crippen LogP contribution is -2.49. The van der Waals surface area contributed by atoms with Crippen LogP contribution in [-0.2, 0) is 38.4 Å². The van der Waals surface area contributed by atoms with Gasteiger partial charge >= 0.3 is 29.8 Å². The van der Waals surface area contributed by atoms with Gasteiger partial charge in [0.05, 0.1) is 12.7 Å². The van der Waals surface area contributed by atoms with Gasteiger partial charge in [0, 0.05) is 0 Å². The first kappa shape index (κ1) is 68.6. The third-order valence-electron chi connectivity index (χ3n) is 7.18. The average molecular weight is 959 g/mol. The fourth-order valence-corrected chi connectivity index (χ4v) is 3.13. The van der Waals surface area contributed by atoms with E-state index in [9.17, 15) is 38.4 Å². The lowest BCUT2D eigenvalue weighted by Gasteiger charge is -2.22. The quantitative estimate of drug-likeness (QED) is 0.0399. The Hall–Kier alpha value is -4.48. The van der Waals surface area contributed by atoms with Crippen LogP contribution in [-0.4, -0.2) is 310 Å². The summed E-state index contributed by atoms with van der Waals surface area (Å²) in [5.41, 5.74) is 0. The fourth-order valence-electron chi connectivity index (χ4n) is 3.13. The summed E-state index contributed by atoms with van der Waals surface area (Å²) in [7, 11) is 0. The number of carboxylic acids is 5. The highest BCUT2D eigenvalue weighted by Crippen LogP contribution is 2.08. The molecule has 0 fully saturated rings. The number of aliphatic hydroxyl groups is 21. The Labute approximate surface area is 355 Å². The molecule has 0 heterocycles. The normalized spacial score (nSPS) is 20.3. The van der Waals surface area contributed by atoms with Gasteiger partial charge in [0.2, 0.25) is 0 Å². The van der Waals surface area contributed by atoms with E-state index >= 15 is 0 Å². The number of aliphatic carboxylic acids is 5. The molecular formula is C30H54O34. The molecule has 0 unspecified atom stereocenters. The summed E-state index contributed by atoms with van der Waals surface area (Å²) in [5.74, 6) is -8.85. The van der Waals surface area contributed by atoms with Gasteiger partial charge < -0.3 is 147 Å². The maximum Gasteiger partial charge on any atom is 0.335 e. The van der Waals surface area contributed by atoms with E-state index in [-0.39, 0.29) is 18.9 Å². The lowest BCUT2D eigenvalue weighted by atomic mass is 10.0. The van der Waals surface area contributed by atoms with E-state index in [1.165, 1.54) is 6.92 Å². The number of rotatable bonds is 24. The van der Waals surface area contributed by atoms with Crippen molar-refractivity contribution < 1.29 is 171 Å². The van der Waals surface area contributed by atoms with Crippen LogP contribution in [0, 0.1) is 0 Å². The monoisotopic (exact) mass is 958 g/mol. The maximum atomic E-state index is 10.1. The van der Waals surface area contributed by atoms with E-state index in [4.69, 9.17) is 133 Å². The van der Waals surface area contributed by atoms with Gasteiger partial charge in [-0.25, -0.2) is 24.0 Å². The van der Waals surface area contributed by atoms with Crippen LogP contribution in [0.5, 0.6) is 0 Å². The zero-order valence-corrected chi connectivity index (χ0v) is 32.4. The zero-order chi connectivity index (χ0) is 52.3. The first-order valence-electron chi connectivity index (χ1n) is 16.8. The molecule has 20 atom stereocenters. The van der Waals surface area contributed by atoms with Gasteiger partial charge in [-0.15, -0.1) is 0 Å². The lowest BCUT2D eigenvalue weighted by molar-refractivity contribution is -0.172. The molecule has 0 aliphatic heterocycles. The van der Waals surface area contributed by atoms with Gasteiger partial charge in [-0.1, -0.05) is 0 Å². The van der Waals surface area contributed by atoms with Gasteiger partial charge in [0.15, 0.2) is 49.4 Å². The van der Waals surface area contributed by atoms with Crippen molar-refractivity contribution >= 4 is 48.7 Å². The minimum Gasteiger partial charge on any atom is -0.479 e. The topological polar surface area (TPSA) is 663 Å². The first-order valence-corrected chi connectivity index (χ1v) is 16.8. The Morgan fingerprint density at radius 2 is 0.500 bits per heavy atom. The molecule has 0 aromatic heterocycles. The number of aliphatic hydroxyl groups excluding tert-OH is 21. The van der Waals surface area contributed by atoms with Crippen LogP contribution in [0.3, 0.4) is 0 Å². The second-order valence-electron chi connectivity index (χ2n) is 12.2. The molecule has 0 bridgehead atoms. The summed E-state index contributed by atoms with van der Waals surface area (Å²) in [6.07, 6.45) is -39.8. The zero-order valence-electron chi connectivity index (χ0n) is 32.4. The maximum absolute atomic E-state index is 10.1. The Morgan fingerprint density at radius 1 is 0.328 bits per heavy atom. The molecule has 378 valence electrons. The summed E-state index contributed by atoms with van der Waals surface area (Å²) in [5, 5.41) is 225. The molecular weight excluding hydrogens is 904 g/mol. The third kappa shape index (κ3) is 26.3. The van der Waals surface area contributed by atoms with E-state index < -0.39 is 159 Å². The summed E-state index contributed by atoms with van der Waals surface area (Å²) in [6, 6.07) is 0. The van der Waals surface area contributed by atoms with E-state index in [0.29, 0.717) is 0 Å². The highest BCUT2D eigenvalue weighted by atomic mass is 16.5. The number of hydrogen-bond acceptors (Lipinski definition) is 29. The van der Waals surface area contributed by atoms with Crippen molar-refractivity contribution in [1.82, 2.24) is 0 Å². The number of carboxylic acid groups (broad SMARTS) is 5. The van der Waals surface area contributed by atoms with Crippen molar-refractivity contribution in [2.45, 2.75) is 129 Å². The van der Waals surface area contributed by atoms with E-state index in [1.807, 2.05) is 0 Å². The molecule has 0 spiro atoms. The Balaban J connectivity index is -0.000000227. The van der Waals surface area contributed by atoms with Crippen molar-refractivity contribution in [2.75, 3.05) is 6.61 Å². The summed E-state index contributed by atoms with van der Waals surface area (Å²) >= 11 is 0. The van der Waals surface area contributed by atoms with Crippen LogP contribution in [0.2, 0.25) is 0 Å². The number of hydrogen-bond donors (Lipinski definition) is 26. The van der Waals surface area contributed by atoms with Crippen molar-refractivity contribution in [2.24, 2.45) is 0 Å². The molecule has 34 heteroatoms. The van der Waals surface area contributed by atoms with Crippen LogP contribution >= 0.6 is 0 Å². The Morgan fingerprint density at radius 3 is 0.656 bits per heavy atom. The highest BCUT2D eigenvalue weighted by molar-refractivity contribution is 5.75. The first-order chi connectivity index (χ1) is 29.0. The molecule has 0 amide bonds. The number of carbonyl (C=O) groups is 8. The summed E-state index contributed by atoms with van der Waals surface area (Å²) in [4.78, 5) is 80.1. The molecule has 0 rings (SSSR count). The largest absolute Gasteiger partial charge is 0.479 e. The second kappa shape index (κ2) is 34.9. The molecule has 0 aromatic carbocycles. The standard InChI is InChI=1S/C6H10O8.2C6H10O7.2C6H12O6/c7-1(3(9)5(11)12)2(8)4(10)6(13)14;2*7-1-2(8)3(9)4(10)5(11)6(12)13;7-1-3(9)5(11)6(12)4(10)2-8;1-2(7)3(8)4(9)5(10)6(11)12/h1-4,7-10H,(H,11,12)(H,13,14);2*1-5,8-11H,(H,12,13);1,3-6,8-12H,2H2;2-5,7-10H,1H3,(H,11,12)/t1-,2-,3-,4+;2-,3+,4-,5-;2-,3-,4+,5-;3-,4+,5+,6+;2-,3-,4+,5-/m00101/s1. The van der Waals surface area contributed by atoms with E-state index in [1.54, 1.807) is 0 Å². The predicted molar refractivity (Wildman–Crippen MR) is 189 cm³/mol. The van der Waals surface area contributed by atoms with Crippen molar-refractivity contribution in [3.8, 4) is 0 Å². The van der Waals surface area contributed by atoms with Gasteiger partial charge in [-0.2, -0.15) is 0 Å². The number of carbonyl (C=O) groups excluding carboxylic acids is 3. The predicted octanol–water partition coefficient (Wildman–Crippen LogP) is -15.8. The molecule has 34 nitrogen and oxygen atoms in total. The average Bonchev–Trinajstić information content (AvgIpc) is 3.26. The SMILES string of the molecule is C[C@@H](O)[C@@H](O)[C@H](O)[C@@H](O)C(=O)O.O=C(O)[C@@H](O)[C@@H](O)[C@H](O)[C@@H](O)C(=O)O.O=C[C@@H](O)[C@@H](O)[C@H](O)[C@@H](O)C(=O)O.O=C[C@H](O)[C@@H](O)[C@H](O)[C@H](O)C(=O)O.O=C[C@H](O)[C@@H](O)[C@H](O)[C@H](O)CO. The van der Waals surface area contributed by atoms with Gasteiger partial charge in [0.1, 0.15) is 85.5 Å². The second-order valence-corrected chi connectivity index (χ2v) is 12.2. The van der Waals surface area contributed by atoms with Crippen LogP contribution in [0.4, 0.5) is 0 Å². The van der Waals surface area contributed by atoms with Crippen molar-refractivity contribution in [3.63, 3.8) is 0 Å². The van der Waals surface area contributed by atoms with Gasteiger partial charge in [-0.05, 0) is 6.92 Å². The Kier molecular flexibility index (Phi) is 37.4. The molecule has 64 heavy (non-hydrogen) atoms. The smallest absolute Gasteiger partial charge is 0.335 e. The van der Waals surface area contributed by atoms with Crippen LogP contribution in [0.15, 0.2) is 0 Å². The van der Waals surface area contributed by atoms with Crippen molar-refractivity contribution in [1.29, 1.82) is 0 Å². The fraction of sp³-hybridized carbons (Fsp3) is 0.733. The molecule has 0 aliphatic rings. The molecule has 26 N–H and O–H groups in total. The minimum absolute atomic E-state index is 0.0258. The summed E-state index contributed by atoms with van der Waals surface area (Å²) in [6.45, 7) is 0.409. The molecule has 0 saturated carbocycles. The summed E-state index contributed by atoms with van der Waals surface area (Å²) < 4.78 is 0. The molecule has 0 radical (unpaired) electrons. The molecule has 0 saturated heterocycles.